The van der Waals surface area contributed by atoms with Gasteiger partial charge in [0.2, 0.25) is 0 Å². The molecule has 16 heavy (non-hydrogen) atoms. The van der Waals surface area contributed by atoms with Crippen LogP contribution in [0.3, 0.4) is 0 Å². The molecule has 2 nitrogen and oxygen atoms in total. The maximum absolute atomic E-state index is 11.2. The van der Waals surface area contributed by atoms with Crippen molar-refractivity contribution in [1.29, 1.82) is 0 Å². The normalized spacial score (nSPS) is 10.1. The van der Waals surface area contributed by atoms with Crippen LogP contribution in [-0.2, 0) is 4.79 Å². The van der Waals surface area contributed by atoms with Crippen LogP contribution in [0.4, 0.5) is 0 Å². The smallest absolute Gasteiger partial charge is 0.336 e. The quantitative estimate of drug-likeness (QED) is 0.771. The van der Waals surface area contributed by atoms with Gasteiger partial charge in [0.25, 0.3) is 0 Å². The summed E-state index contributed by atoms with van der Waals surface area (Å²) in [7, 11) is 0. The van der Waals surface area contributed by atoms with Crippen molar-refractivity contribution in [3.8, 4) is 0 Å². The highest BCUT2D eigenvalue weighted by Crippen LogP contribution is 2.25. The lowest BCUT2D eigenvalue weighted by Crippen LogP contribution is -2.04. The van der Waals surface area contributed by atoms with Gasteiger partial charge in [0.1, 0.15) is 0 Å². The number of carboxylic acid groups (broad SMARTS) is 1. The summed E-state index contributed by atoms with van der Waals surface area (Å²) >= 11 is 0. The second-order valence-electron chi connectivity index (χ2n) is 4.43. The molecular formula is C14H18O2. The molecule has 0 heterocycles. The van der Waals surface area contributed by atoms with E-state index in [1.807, 2.05) is 46.8 Å². The summed E-state index contributed by atoms with van der Waals surface area (Å²) in [6, 6.07) is 4.00. The third-order valence-corrected chi connectivity index (χ3v) is 2.82. The SMILES string of the molecule is CC(C)=C(C(=O)O)c1cc(C)c(C)cc1C. The first kappa shape index (κ1) is 12.5. The van der Waals surface area contributed by atoms with Crippen LogP contribution in [0.15, 0.2) is 17.7 Å². The summed E-state index contributed by atoms with van der Waals surface area (Å²) in [4.78, 5) is 11.2. The largest absolute Gasteiger partial charge is 0.478 e. The Balaban J connectivity index is 3.49. The van der Waals surface area contributed by atoms with Gasteiger partial charge in [-0.3, -0.25) is 0 Å². The van der Waals surface area contributed by atoms with Crippen LogP contribution < -0.4 is 0 Å². The fraction of sp³-hybridized carbons (Fsp3) is 0.357. The Morgan fingerprint density at radius 1 is 1.00 bits per heavy atom. The summed E-state index contributed by atoms with van der Waals surface area (Å²) in [5.41, 5.74) is 5.41. The number of aryl methyl sites for hydroxylation is 3. The Labute approximate surface area is 96.6 Å². The number of benzene rings is 1. The molecule has 2 heteroatoms. The Hall–Kier alpha value is -1.57. The highest BCUT2D eigenvalue weighted by molar-refractivity contribution is 6.16. The van der Waals surface area contributed by atoms with Crippen LogP contribution in [0.5, 0.6) is 0 Å². The molecule has 0 unspecified atom stereocenters. The lowest BCUT2D eigenvalue weighted by Gasteiger charge is -2.12. The van der Waals surface area contributed by atoms with E-state index in [0.717, 1.165) is 22.3 Å². The molecule has 0 bridgehead atoms. The molecule has 0 spiro atoms. The number of rotatable bonds is 2. The highest BCUT2D eigenvalue weighted by Gasteiger charge is 2.15. The Bertz CT molecular complexity index is 464. The molecule has 0 aromatic heterocycles. The predicted octanol–water partition coefficient (Wildman–Crippen LogP) is 3.49. The van der Waals surface area contributed by atoms with E-state index < -0.39 is 5.97 Å². The van der Waals surface area contributed by atoms with Crippen LogP contribution in [0.1, 0.15) is 36.1 Å². The van der Waals surface area contributed by atoms with Gasteiger partial charge in [-0.1, -0.05) is 17.7 Å². The topological polar surface area (TPSA) is 37.3 Å². The zero-order valence-electron chi connectivity index (χ0n) is 10.5. The Morgan fingerprint density at radius 3 is 1.94 bits per heavy atom. The molecule has 0 aliphatic carbocycles. The lowest BCUT2D eigenvalue weighted by atomic mass is 9.93. The van der Waals surface area contributed by atoms with E-state index in [1.54, 1.807) is 0 Å². The minimum atomic E-state index is -0.855. The number of aliphatic carboxylic acids is 1. The molecule has 0 radical (unpaired) electrons. The summed E-state index contributed by atoms with van der Waals surface area (Å²) in [6.45, 7) is 9.65. The summed E-state index contributed by atoms with van der Waals surface area (Å²) in [5.74, 6) is -0.855. The van der Waals surface area contributed by atoms with E-state index in [1.165, 1.54) is 5.56 Å². The van der Waals surface area contributed by atoms with Crippen molar-refractivity contribution in [3.05, 3.63) is 40.0 Å². The molecule has 1 rings (SSSR count). The first-order chi connectivity index (χ1) is 7.34. The van der Waals surface area contributed by atoms with E-state index in [0.29, 0.717) is 5.57 Å². The third-order valence-electron chi connectivity index (χ3n) is 2.82. The minimum Gasteiger partial charge on any atom is -0.478 e. The standard InChI is InChI=1S/C14H18O2/c1-8(2)13(14(15)16)12-7-10(4)9(3)6-11(12)5/h6-7H,1-5H3,(H,15,16). The number of allylic oxidation sites excluding steroid dienone is 1. The van der Waals surface area contributed by atoms with Crippen molar-refractivity contribution in [1.82, 2.24) is 0 Å². The monoisotopic (exact) mass is 218 g/mol. The van der Waals surface area contributed by atoms with Gasteiger partial charge in [0.05, 0.1) is 5.57 Å². The second kappa shape index (κ2) is 4.52. The molecule has 0 saturated carbocycles. The lowest BCUT2D eigenvalue weighted by molar-refractivity contribution is -0.130. The van der Waals surface area contributed by atoms with Crippen molar-refractivity contribution in [3.63, 3.8) is 0 Å². The van der Waals surface area contributed by atoms with Crippen molar-refractivity contribution in [2.75, 3.05) is 0 Å². The molecule has 1 aromatic carbocycles. The van der Waals surface area contributed by atoms with E-state index in [9.17, 15) is 9.90 Å². The van der Waals surface area contributed by atoms with E-state index in [-0.39, 0.29) is 0 Å². The first-order valence-electron chi connectivity index (χ1n) is 5.33. The fourth-order valence-electron chi connectivity index (χ4n) is 1.83. The van der Waals surface area contributed by atoms with Crippen molar-refractivity contribution in [2.24, 2.45) is 0 Å². The van der Waals surface area contributed by atoms with Crippen LogP contribution in [0.25, 0.3) is 5.57 Å². The number of carbonyl (C=O) groups is 1. The molecule has 0 aliphatic rings. The van der Waals surface area contributed by atoms with E-state index in [4.69, 9.17) is 0 Å². The first-order valence-corrected chi connectivity index (χ1v) is 5.33. The van der Waals surface area contributed by atoms with Crippen LogP contribution >= 0.6 is 0 Å². The number of hydrogen-bond acceptors (Lipinski definition) is 1. The number of hydrogen-bond donors (Lipinski definition) is 1. The minimum absolute atomic E-state index is 0.417. The molecule has 0 fully saturated rings. The van der Waals surface area contributed by atoms with Crippen molar-refractivity contribution >= 4 is 11.5 Å². The summed E-state index contributed by atoms with van der Waals surface area (Å²) in [5, 5.41) is 9.22. The second-order valence-corrected chi connectivity index (χ2v) is 4.43. The predicted molar refractivity (Wildman–Crippen MR) is 66.6 cm³/mol. The van der Waals surface area contributed by atoms with Crippen molar-refractivity contribution < 1.29 is 9.90 Å². The zero-order valence-corrected chi connectivity index (χ0v) is 10.5. The molecule has 1 N–H and O–H groups in total. The molecular weight excluding hydrogens is 200 g/mol. The van der Waals surface area contributed by atoms with E-state index >= 15 is 0 Å². The van der Waals surface area contributed by atoms with Gasteiger partial charge in [0, 0.05) is 0 Å². The molecule has 86 valence electrons. The van der Waals surface area contributed by atoms with Crippen LogP contribution in [0, 0.1) is 20.8 Å². The average Bonchev–Trinajstić information content (AvgIpc) is 2.12. The molecule has 0 saturated heterocycles. The molecule has 1 aromatic rings. The maximum Gasteiger partial charge on any atom is 0.336 e. The maximum atomic E-state index is 11.2. The molecule has 0 atom stereocenters. The fourth-order valence-corrected chi connectivity index (χ4v) is 1.83. The molecule has 0 amide bonds. The Kier molecular flexibility index (Phi) is 3.53. The molecule has 0 aliphatic heterocycles. The van der Waals surface area contributed by atoms with Crippen LogP contribution in [-0.4, -0.2) is 11.1 Å². The highest BCUT2D eigenvalue weighted by atomic mass is 16.4. The van der Waals surface area contributed by atoms with E-state index in [2.05, 4.69) is 0 Å². The third kappa shape index (κ3) is 2.32. The zero-order chi connectivity index (χ0) is 12.5. The van der Waals surface area contributed by atoms with Gasteiger partial charge in [0.15, 0.2) is 0 Å². The van der Waals surface area contributed by atoms with Crippen molar-refractivity contribution in [2.45, 2.75) is 34.6 Å². The average molecular weight is 218 g/mol. The number of carboxylic acids is 1. The van der Waals surface area contributed by atoms with Gasteiger partial charge >= 0.3 is 5.97 Å². The van der Waals surface area contributed by atoms with Gasteiger partial charge in [-0.15, -0.1) is 0 Å². The van der Waals surface area contributed by atoms with Gasteiger partial charge in [-0.05, 0) is 56.9 Å². The summed E-state index contributed by atoms with van der Waals surface area (Å²) in [6.07, 6.45) is 0. The van der Waals surface area contributed by atoms with Gasteiger partial charge in [-0.2, -0.15) is 0 Å². The summed E-state index contributed by atoms with van der Waals surface area (Å²) < 4.78 is 0. The van der Waals surface area contributed by atoms with Gasteiger partial charge < -0.3 is 5.11 Å². The van der Waals surface area contributed by atoms with Crippen LogP contribution in [0.2, 0.25) is 0 Å². The van der Waals surface area contributed by atoms with Gasteiger partial charge in [-0.25, -0.2) is 4.79 Å². The Morgan fingerprint density at radius 2 is 1.50 bits per heavy atom.